The number of benzene rings is 2. The van der Waals surface area contributed by atoms with E-state index in [1.165, 1.54) is 11.3 Å². The van der Waals surface area contributed by atoms with E-state index in [9.17, 15) is 9.59 Å². The van der Waals surface area contributed by atoms with Crippen LogP contribution in [0.2, 0.25) is 0 Å². The van der Waals surface area contributed by atoms with Gasteiger partial charge in [0.2, 0.25) is 11.0 Å². The zero-order valence-corrected chi connectivity index (χ0v) is 19.3. The van der Waals surface area contributed by atoms with Crippen LogP contribution in [0.1, 0.15) is 10.4 Å². The molecule has 10 heteroatoms. The lowest BCUT2D eigenvalue weighted by atomic mass is 10.1. The van der Waals surface area contributed by atoms with Gasteiger partial charge in [-0.1, -0.05) is 41.7 Å². The molecule has 0 unspecified atom stereocenters. The smallest absolute Gasteiger partial charge is 0.254 e. The van der Waals surface area contributed by atoms with Crippen molar-refractivity contribution in [1.29, 1.82) is 0 Å². The van der Waals surface area contributed by atoms with E-state index in [1.54, 1.807) is 37.3 Å². The summed E-state index contributed by atoms with van der Waals surface area (Å²) in [5.41, 5.74) is 1.51. The average Bonchev–Trinajstić information content (AvgIpc) is 3.32. The number of anilines is 1. The molecular weight excluding hydrogens is 442 g/mol. The Hall–Kier alpha value is -3.50. The van der Waals surface area contributed by atoms with Crippen LogP contribution in [0.25, 0.3) is 10.6 Å². The Bertz CT molecular complexity index is 1110. The van der Waals surface area contributed by atoms with Gasteiger partial charge in [-0.2, -0.15) is 0 Å². The number of hydrogen-bond donors (Lipinski definition) is 1. The molecule has 1 saturated heterocycles. The van der Waals surface area contributed by atoms with Crippen molar-refractivity contribution in [2.24, 2.45) is 0 Å². The van der Waals surface area contributed by atoms with Gasteiger partial charge in [0.05, 0.1) is 20.8 Å². The van der Waals surface area contributed by atoms with Crippen LogP contribution in [0.3, 0.4) is 0 Å². The molecule has 1 aromatic heterocycles. The minimum Gasteiger partial charge on any atom is -0.493 e. The molecule has 33 heavy (non-hydrogen) atoms. The molecule has 0 atom stereocenters. The van der Waals surface area contributed by atoms with Crippen LogP contribution < -0.4 is 14.8 Å². The number of aromatic nitrogens is 2. The second-order valence-corrected chi connectivity index (χ2v) is 8.44. The fourth-order valence-electron chi connectivity index (χ4n) is 3.59. The van der Waals surface area contributed by atoms with Gasteiger partial charge in [-0.3, -0.25) is 19.8 Å². The minimum atomic E-state index is -0.148. The largest absolute Gasteiger partial charge is 0.493 e. The van der Waals surface area contributed by atoms with Gasteiger partial charge in [0.25, 0.3) is 5.91 Å². The van der Waals surface area contributed by atoms with Crippen LogP contribution in [-0.2, 0) is 4.79 Å². The number of nitrogens with zero attached hydrogens (tertiary/aromatic N) is 4. The van der Waals surface area contributed by atoms with Crippen molar-refractivity contribution >= 4 is 28.3 Å². The Balaban J connectivity index is 1.27. The Morgan fingerprint density at radius 1 is 0.970 bits per heavy atom. The van der Waals surface area contributed by atoms with Gasteiger partial charge in [0.1, 0.15) is 5.01 Å². The van der Waals surface area contributed by atoms with E-state index >= 15 is 0 Å². The van der Waals surface area contributed by atoms with Crippen molar-refractivity contribution in [1.82, 2.24) is 20.0 Å². The van der Waals surface area contributed by atoms with Crippen LogP contribution in [0.5, 0.6) is 11.5 Å². The Morgan fingerprint density at radius 2 is 1.70 bits per heavy atom. The number of nitrogens with one attached hydrogen (secondary N) is 1. The van der Waals surface area contributed by atoms with Gasteiger partial charge in [-0.25, -0.2) is 0 Å². The maximum absolute atomic E-state index is 12.9. The Labute approximate surface area is 195 Å². The molecule has 0 spiro atoms. The van der Waals surface area contributed by atoms with Crippen LogP contribution in [0.15, 0.2) is 48.5 Å². The molecule has 172 valence electrons. The number of piperazine rings is 1. The molecule has 1 N–H and O–H groups in total. The standard InChI is InChI=1S/C23H25N5O4S/c1-31-18-9-8-17(14-19(18)32-2)22(30)28-12-10-27(11-13-28)15-20(29)24-23-26-25-21(33-23)16-6-4-3-5-7-16/h3-9,14H,10-13,15H2,1-2H3,(H,24,26,29). The van der Waals surface area contributed by atoms with E-state index in [4.69, 9.17) is 9.47 Å². The first kappa shape index (κ1) is 22.7. The first-order valence-electron chi connectivity index (χ1n) is 10.5. The lowest BCUT2D eigenvalue weighted by Crippen LogP contribution is -2.50. The zero-order chi connectivity index (χ0) is 23.2. The van der Waals surface area contributed by atoms with Crippen molar-refractivity contribution in [2.75, 3.05) is 52.3 Å². The van der Waals surface area contributed by atoms with Crippen molar-refractivity contribution in [3.05, 3.63) is 54.1 Å². The van der Waals surface area contributed by atoms with Gasteiger partial charge in [-0.15, -0.1) is 10.2 Å². The summed E-state index contributed by atoms with van der Waals surface area (Å²) in [4.78, 5) is 29.2. The summed E-state index contributed by atoms with van der Waals surface area (Å²) in [6.07, 6.45) is 0. The molecule has 4 rings (SSSR count). The quantitative estimate of drug-likeness (QED) is 0.571. The first-order chi connectivity index (χ1) is 16.1. The molecule has 1 aliphatic heterocycles. The van der Waals surface area contributed by atoms with Gasteiger partial charge < -0.3 is 14.4 Å². The maximum Gasteiger partial charge on any atom is 0.254 e. The van der Waals surface area contributed by atoms with Crippen molar-refractivity contribution < 1.29 is 19.1 Å². The lowest BCUT2D eigenvalue weighted by molar-refractivity contribution is -0.117. The molecule has 9 nitrogen and oxygen atoms in total. The third kappa shape index (κ3) is 5.47. The predicted molar refractivity (Wildman–Crippen MR) is 126 cm³/mol. The normalized spacial score (nSPS) is 14.1. The van der Waals surface area contributed by atoms with Crippen molar-refractivity contribution in [3.63, 3.8) is 0 Å². The fraction of sp³-hybridized carbons (Fsp3) is 0.304. The number of methoxy groups -OCH3 is 2. The monoisotopic (exact) mass is 467 g/mol. The van der Waals surface area contributed by atoms with Crippen LogP contribution in [0.4, 0.5) is 5.13 Å². The van der Waals surface area contributed by atoms with E-state index in [1.807, 2.05) is 35.2 Å². The van der Waals surface area contributed by atoms with E-state index < -0.39 is 0 Å². The summed E-state index contributed by atoms with van der Waals surface area (Å²) in [6, 6.07) is 14.9. The number of amides is 2. The zero-order valence-electron chi connectivity index (χ0n) is 18.5. The molecule has 2 heterocycles. The molecule has 0 bridgehead atoms. The summed E-state index contributed by atoms with van der Waals surface area (Å²) in [5, 5.41) is 12.3. The molecule has 0 saturated carbocycles. The second kappa shape index (κ2) is 10.4. The van der Waals surface area contributed by atoms with Crippen molar-refractivity contribution in [2.45, 2.75) is 0 Å². The highest BCUT2D eigenvalue weighted by atomic mass is 32.1. The Morgan fingerprint density at radius 3 is 2.39 bits per heavy atom. The van der Waals surface area contributed by atoms with E-state index in [-0.39, 0.29) is 18.4 Å². The van der Waals surface area contributed by atoms with Crippen LogP contribution in [-0.4, -0.2) is 78.8 Å². The number of rotatable bonds is 7. The third-order valence-corrected chi connectivity index (χ3v) is 6.24. The molecule has 0 radical (unpaired) electrons. The van der Waals surface area contributed by atoms with Gasteiger partial charge >= 0.3 is 0 Å². The summed E-state index contributed by atoms with van der Waals surface area (Å²) in [5.74, 6) is 0.884. The number of hydrogen-bond acceptors (Lipinski definition) is 8. The molecule has 1 fully saturated rings. The molecular formula is C23H25N5O4S. The molecule has 3 aromatic rings. The second-order valence-electron chi connectivity index (χ2n) is 7.46. The minimum absolute atomic E-state index is 0.0673. The summed E-state index contributed by atoms with van der Waals surface area (Å²) in [6.45, 7) is 2.53. The van der Waals surface area contributed by atoms with Gasteiger partial charge in [-0.05, 0) is 18.2 Å². The lowest BCUT2D eigenvalue weighted by Gasteiger charge is -2.34. The van der Waals surface area contributed by atoms with E-state index in [0.29, 0.717) is 48.4 Å². The fourth-order valence-corrected chi connectivity index (χ4v) is 4.36. The highest BCUT2D eigenvalue weighted by Gasteiger charge is 2.24. The Kier molecular flexibility index (Phi) is 7.16. The SMILES string of the molecule is COc1ccc(C(=O)N2CCN(CC(=O)Nc3nnc(-c4ccccc4)s3)CC2)cc1OC. The maximum atomic E-state index is 12.9. The number of carbonyl (C=O) groups is 2. The topological polar surface area (TPSA) is 96.9 Å². The van der Waals surface area contributed by atoms with Crippen molar-refractivity contribution in [3.8, 4) is 22.1 Å². The van der Waals surface area contributed by atoms with E-state index in [0.717, 1.165) is 10.6 Å². The van der Waals surface area contributed by atoms with Crippen LogP contribution in [0, 0.1) is 0 Å². The molecule has 2 aromatic carbocycles. The van der Waals surface area contributed by atoms with E-state index in [2.05, 4.69) is 15.5 Å². The molecule has 0 aliphatic carbocycles. The number of carbonyl (C=O) groups excluding carboxylic acids is 2. The first-order valence-corrected chi connectivity index (χ1v) is 11.3. The average molecular weight is 468 g/mol. The summed E-state index contributed by atoms with van der Waals surface area (Å²) >= 11 is 1.34. The molecule has 1 aliphatic rings. The highest BCUT2D eigenvalue weighted by Crippen LogP contribution is 2.28. The predicted octanol–water partition coefficient (Wildman–Crippen LogP) is 2.62. The van der Waals surface area contributed by atoms with Gasteiger partial charge in [0, 0.05) is 37.3 Å². The molecule has 2 amide bonds. The number of ether oxygens (including phenoxy) is 2. The van der Waals surface area contributed by atoms with Crippen LogP contribution >= 0.6 is 11.3 Å². The summed E-state index contributed by atoms with van der Waals surface area (Å²) < 4.78 is 10.5. The highest BCUT2D eigenvalue weighted by molar-refractivity contribution is 7.18. The third-order valence-electron chi connectivity index (χ3n) is 5.35. The van der Waals surface area contributed by atoms with Gasteiger partial charge in [0.15, 0.2) is 11.5 Å². The summed E-state index contributed by atoms with van der Waals surface area (Å²) in [7, 11) is 3.10.